The average Bonchev–Trinajstić information content (AvgIpc) is 2.76. The fourth-order valence-electron chi connectivity index (χ4n) is 3.45. The first-order valence-corrected chi connectivity index (χ1v) is 13.6. The van der Waals surface area contributed by atoms with E-state index in [0.29, 0.717) is 64.6 Å². The molecule has 0 spiro atoms. The van der Waals surface area contributed by atoms with E-state index in [1.54, 1.807) is 0 Å². The number of allylic oxidation sites excluding steroid dienone is 8. The van der Waals surface area contributed by atoms with Crippen LogP contribution in [0.25, 0.3) is 0 Å². The van der Waals surface area contributed by atoms with Gasteiger partial charge in [0.25, 0.3) is 0 Å². The Kier molecular flexibility index (Phi) is 9.91. The quantitative estimate of drug-likeness (QED) is 0.423. The Balaban J connectivity index is 1.95. The third kappa shape index (κ3) is 8.35. The van der Waals surface area contributed by atoms with Gasteiger partial charge in [0.15, 0.2) is 11.6 Å². The van der Waals surface area contributed by atoms with E-state index in [4.69, 9.17) is 0 Å². The van der Waals surface area contributed by atoms with E-state index in [2.05, 4.69) is 0 Å². The van der Waals surface area contributed by atoms with Crippen LogP contribution in [0.4, 0.5) is 0 Å². The van der Waals surface area contributed by atoms with E-state index in [0.717, 1.165) is 0 Å². The standard InChI is InChI=1S/C25H36O6S2/c1-24(2,16-26)10-8-22-14-18(28)12-20(32(22)30)6-5-7-21-13-19(29)15-23(33(21)31)9-11-25(3,4)17-27/h12-15,26-27H,5-11,16-17H2,1-4H3. The Morgan fingerprint density at radius 2 is 0.939 bits per heavy atom. The van der Waals surface area contributed by atoms with E-state index in [9.17, 15) is 28.2 Å². The highest BCUT2D eigenvalue weighted by molar-refractivity contribution is 7.93. The summed E-state index contributed by atoms with van der Waals surface area (Å²) in [6, 6.07) is 0. The molecule has 0 saturated heterocycles. The zero-order valence-corrected chi connectivity index (χ0v) is 21.7. The van der Waals surface area contributed by atoms with Crippen molar-refractivity contribution in [2.45, 2.75) is 72.6 Å². The summed E-state index contributed by atoms with van der Waals surface area (Å²) in [5, 5.41) is 18.9. The van der Waals surface area contributed by atoms with Crippen LogP contribution >= 0.6 is 0 Å². The topological polar surface area (TPSA) is 109 Å². The lowest BCUT2D eigenvalue weighted by Gasteiger charge is -2.23. The molecule has 2 aliphatic heterocycles. The summed E-state index contributed by atoms with van der Waals surface area (Å²) >= 11 is 0. The van der Waals surface area contributed by atoms with Crippen LogP contribution in [-0.4, -0.2) is 43.4 Å². The summed E-state index contributed by atoms with van der Waals surface area (Å²) in [4.78, 5) is 26.5. The molecule has 8 heteroatoms. The van der Waals surface area contributed by atoms with Crippen LogP contribution in [0.15, 0.2) is 43.9 Å². The molecule has 0 fully saturated rings. The SMILES string of the molecule is CC(C)(CO)CCC1=CC(=O)C=C(CCCC2=CC(=O)C=C(CCC(C)(C)CO)S2=O)S1=O. The van der Waals surface area contributed by atoms with Crippen LogP contribution in [0, 0.1) is 10.8 Å². The van der Waals surface area contributed by atoms with Crippen LogP contribution < -0.4 is 0 Å². The van der Waals surface area contributed by atoms with Gasteiger partial charge in [0, 0.05) is 32.8 Å². The van der Waals surface area contributed by atoms with Gasteiger partial charge in [-0.15, -0.1) is 0 Å². The summed E-state index contributed by atoms with van der Waals surface area (Å²) in [6.07, 6.45) is 9.24. The second-order valence-corrected chi connectivity index (χ2v) is 13.5. The molecule has 0 bridgehead atoms. The molecule has 2 aliphatic rings. The van der Waals surface area contributed by atoms with Gasteiger partial charge in [-0.2, -0.15) is 0 Å². The van der Waals surface area contributed by atoms with Crippen molar-refractivity contribution in [3.63, 3.8) is 0 Å². The molecule has 2 N–H and O–H groups in total. The molecule has 184 valence electrons. The maximum absolute atomic E-state index is 12.9. The van der Waals surface area contributed by atoms with Crippen molar-refractivity contribution in [1.29, 1.82) is 0 Å². The van der Waals surface area contributed by atoms with Gasteiger partial charge in [0.05, 0.1) is 21.6 Å². The Labute approximate surface area is 201 Å². The number of hydrogen-bond donors (Lipinski definition) is 2. The Hall–Kier alpha value is -1.48. The molecule has 33 heavy (non-hydrogen) atoms. The van der Waals surface area contributed by atoms with Crippen molar-refractivity contribution in [2.75, 3.05) is 13.2 Å². The van der Waals surface area contributed by atoms with Gasteiger partial charge in [0.1, 0.15) is 0 Å². The Bertz CT molecular complexity index is 874. The molecule has 0 radical (unpaired) electrons. The van der Waals surface area contributed by atoms with Crippen molar-refractivity contribution in [2.24, 2.45) is 10.8 Å². The molecule has 0 aromatic heterocycles. The smallest absolute Gasteiger partial charge is 0.180 e. The van der Waals surface area contributed by atoms with Crippen LogP contribution in [-0.2, 0) is 31.2 Å². The maximum atomic E-state index is 12.9. The lowest BCUT2D eigenvalue weighted by molar-refractivity contribution is -0.111. The molecule has 0 saturated carbocycles. The van der Waals surface area contributed by atoms with E-state index in [-0.39, 0.29) is 35.6 Å². The number of carbonyl (C=O) groups excluding carboxylic acids is 2. The number of aliphatic hydroxyl groups is 2. The minimum atomic E-state index is -1.39. The van der Waals surface area contributed by atoms with Crippen LogP contribution in [0.2, 0.25) is 0 Å². The molecule has 6 nitrogen and oxygen atoms in total. The number of aliphatic hydroxyl groups excluding tert-OH is 2. The van der Waals surface area contributed by atoms with Crippen LogP contribution in [0.1, 0.15) is 72.6 Å². The van der Waals surface area contributed by atoms with Gasteiger partial charge in [-0.3, -0.25) is 9.59 Å². The van der Waals surface area contributed by atoms with Gasteiger partial charge in [-0.25, -0.2) is 8.42 Å². The normalized spacial score (nSPS) is 22.0. The predicted octanol–water partition coefficient (Wildman–Crippen LogP) is 3.95. The Morgan fingerprint density at radius 1 is 0.636 bits per heavy atom. The van der Waals surface area contributed by atoms with Gasteiger partial charge in [0.2, 0.25) is 0 Å². The molecule has 0 amide bonds. The summed E-state index contributed by atoms with van der Waals surface area (Å²) in [7, 11) is -2.79. The first-order valence-electron chi connectivity index (χ1n) is 11.3. The molecular weight excluding hydrogens is 460 g/mol. The monoisotopic (exact) mass is 496 g/mol. The summed E-state index contributed by atoms with van der Waals surface area (Å²) in [5.41, 5.74) is -0.617. The maximum Gasteiger partial charge on any atom is 0.180 e. The van der Waals surface area contributed by atoms with E-state index in [1.807, 2.05) is 27.7 Å². The van der Waals surface area contributed by atoms with Crippen LogP contribution in [0.5, 0.6) is 0 Å². The van der Waals surface area contributed by atoms with E-state index in [1.165, 1.54) is 24.3 Å². The fourth-order valence-corrected chi connectivity index (χ4v) is 6.25. The molecule has 0 aliphatic carbocycles. The molecule has 2 unspecified atom stereocenters. The molecule has 2 heterocycles. The first kappa shape index (κ1) is 27.8. The molecular formula is C25H36O6S2. The van der Waals surface area contributed by atoms with Crippen molar-refractivity contribution in [3.8, 4) is 0 Å². The fraction of sp³-hybridized carbons (Fsp3) is 0.600. The third-order valence-electron chi connectivity index (χ3n) is 5.96. The number of ketones is 2. The first-order chi connectivity index (χ1) is 15.4. The molecule has 0 aromatic carbocycles. The highest BCUT2D eigenvalue weighted by atomic mass is 32.2. The second-order valence-electron chi connectivity index (χ2n) is 10.3. The van der Waals surface area contributed by atoms with Crippen LogP contribution in [0.3, 0.4) is 0 Å². The van der Waals surface area contributed by atoms with E-state index >= 15 is 0 Å². The highest BCUT2D eigenvalue weighted by Crippen LogP contribution is 2.33. The molecule has 2 rings (SSSR count). The zero-order valence-electron chi connectivity index (χ0n) is 20.0. The lowest BCUT2D eigenvalue weighted by atomic mass is 9.89. The van der Waals surface area contributed by atoms with Crippen molar-refractivity contribution >= 4 is 33.2 Å². The van der Waals surface area contributed by atoms with Crippen molar-refractivity contribution in [3.05, 3.63) is 43.9 Å². The molecule has 2 atom stereocenters. The average molecular weight is 497 g/mol. The van der Waals surface area contributed by atoms with Gasteiger partial charge in [-0.05, 0) is 80.1 Å². The van der Waals surface area contributed by atoms with Gasteiger partial charge < -0.3 is 10.2 Å². The summed E-state index contributed by atoms with van der Waals surface area (Å²) in [6.45, 7) is 7.72. The third-order valence-corrected chi connectivity index (χ3v) is 9.16. The predicted molar refractivity (Wildman–Crippen MR) is 133 cm³/mol. The van der Waals surface area contributed by atoms with Gasteiger partial charge >= 0.3 is 0 Å². The Morgan fingerprint density at radius 3 is 1.24 bits per heavy atom. The van der Waals surface area contributed by atoms with Crippen molar-refractivity contribution in [1.82, 2.24) is 0 Å². The second kappa shape index (κ2) is 11.8. The number of rotatable bonds is 12. The largest absolute Gasteiger partial charge is 0.396 e. The van der Waals surface area contributed by atoms with Gasteiger partial charge in [-0.1, -0.05) is 27.7 Å². The minimum absolute atomic E-state index is 0.0163. The molecule has 0 aromatic rings. The zero-order chi connectivity index (χ0) is 24.8. The highest BCUT2D eigenvalue weighted by Gasteiger charge is 2.26. The minimum Gasteiger partial charge on any atom is -0.396 e. The van der Waals surface area contributed by atoms with Crippen molar-refractivity contribution < 1.29 is 28.2 Å². The van der Waals surface area contributed by atoms with E-state index < -0.39 is 21.6 Å². The summed E-state index contributed by atoms with van der Waals surface area (Å²) < 4.78 is 25.9. The lowest BCUT2D eigenvalue weighted by Crippen LogP contribution is -2.18. The number of hydrogen-bond acceptors (Lipinski definition) is 6. The number of carbonyl (C=O) groups is 2. The summed E-state index contributed by atoms with van der Waals surface area (Å²) in [5.74, 6) is -0.373.